The minimum Gasteiger partial charge on any atom is -0.330 e. The second kappa shape index (κ2) is 2.93. The molecule has 1 aromatic heterocycles. The Morgan fingerprint density at radius 1 is 1.62 bits per heavy atom. The van der Waals surface area contributed by atoms with E-state index in [0.717, 1.165) is 12.8 Å². The van der Waals surface area contributed by atoms with Crippen molar-refractivity contribution in [2.45, 2.75) is 18.3 Å². The summed E-state index contributed by atoms with van der Waals surface area (Å²) in [6, 6.07) is 1.63. The van der Waals surface area contributed by atoms with Crippen molar-refractivity contribution in [2.75, 3.05) is 6.54 Å². The van der Waals surface area contributed by atoms with Gasteiger partial charge >= 0.3 is 0 Å². The standard InChI is InChI=1S/C9H10ClFN2/c10-6-3-7(8(11)13-4-6)9(5-12)1-2-9/h3-4H,1-2,5,12H2. The van der Waals surface area contributed by atoms with Gasteiger partial charge in [-0.2, -0.15) is 4.39 Å². The zero-order chi connectivity index (χ0) is 9.47. The quantitative estimate of drug-likeness (QED) is 0.741. The fourth-order valence-corrected chi connectivity index (χ4v) is 1.69. The van der Waals surface area contributed by atoms with E-state index in [1.54, 1.807) is 6.07 Å². The van der Waals surface area contributed by atoms with Crippen molar-refractivity contribution in [3.05, 3.63) is 28.8 Å². The van der Waals surface area contributed by atoms with Crippen LogP contribution in [0.5, 0.6) is 0 Å². The van der Waals surface area contributed by atoms with Gasteiger partial charge in [0.15, 0.2) is 0 Å². The van der Waals surface area contributed by atoms with Gasteiger partial charge in [0.25, 0.3) is 0 Å². The lowest BCUT2D eigenvalue weighted by atomic mass is 9.98. The number of nitrogens with two attached hydrogens (primary N) is 1. The molecule has 2 rings (SSSR count). The first-order valence-corrected chi connectivity index (χ1v) is 4.57. The maximum Gasteiger partial charge on any atom is 0.216 e. The van der Waals surface area contributed by atoms with E-state index >= 15 is 0 Å². The molecule has 1 saturated carbocycles. The first kappa shape index (κ1) is 8.91. The molecular formula is C9H10ClFN2. The predicted octanol–water partition coefficient (Wildman–Crippen LogP) is 1.86. The average molecular weight is 201 g/mol. The van der Waals surface area contributed by atoms with Crippen LogP contribution in [0.25, 0.3) is 0 Å². The first-order valence-electron chi connectivity index (χ1n) is 4.19. The van der Waals surface area contributed by atoms with Crippen molar-refractivity contribution in [3.8, 4) is 0 Å². The maximum absolute atomic E-state index is 13.3. The Balaban J connectivity index is 2.44. The van der Waals surface area contributed by atoms with Gasteiger partial charge in [-0.05, 0) is 18.9 Å². The molecule has 0 saturated heterocycles. The summed E-state index contributed by atoms with van der Waals surface area (Å²) in [5, 5.41) is 0.469. The molecule has 1 aliphatic carbocycles. The van der Waals surface area contributed by atoms with E-state index in [-0.39, 0.29) is 5.41 Å². The van der Waals surface area contributed by atoms with E-state index in [1.807, 2.05) is 0 Å². The molecule has 0 atom stereocenters. The Kier molecular flexibility index (Phi) is 2.00. The number of rotatable bonds is 2. The first-order chi connectivity index (χ1) is 6.18. The van der Waals surface area contributed by atoms with Crippen LogP contribution in [0.4, 0.5) is 4.39 Å². The molecule has 4 heteroatoms. The molecule has 0 radical (unpaired) electrons. The summed E-state index contributed by atoms with van der Waals surface area (Å²) in [5.41, 5.74) is 5.98. The molecule has 13 heavy (non-hydrogen) atoms. The van der Waals surface area contributed by atoms with Gasteiger partial charge in [0.1, 0.15) is 0 Å². The number of pyridine rings is 1. The van der Waals surface area contributed by atoms with Crippen molar-refractivity contribution >= 4 is 11.6 Å². The average Bonchev–Trinajstić information content (AvgIpc) is 2.90. The van der Waals surface area contributed by atoms with Crippen molar-refractivity contribution in [1.82, 2.24) is 4.98 Å². The van der Waals surface area contributed by atoms with Crippen molar-refractivity contribution in [3.63, 3.8) is 0 Å². The van der Waals surface area contributed by atoms with Gasteiger partial charge in [-0.1, -0.05) is 11.6 Å². The van der Waals surface area contributed by atoms with Crippen LogP contribution in [0.3, 0.4) is 0 Å². The molecule has 70 valence electrons. The molecule has 1 aromatic rings. The van der Waals surface area contributed by atoms with Crippen molar-refractivity contribution < 1.29 is 4.39 Å². The van der Waals surface area contributed by atoms with Gasteiger partial charge in [-0.25, -0.2) is 4.98 Å². The summed E-state index contributed by atoms with van der Waals surface area (Å²) in [5.74, 6) is -0.438. The third-order valence-electron chi connectivity index (χ3n) is 2.62. The Morgan fingerprint density at radius 2 is 2.31 bits per heavy atom. The van der Waals surface area contributed by atoms with Crippen molar-refractivity contribution in [2.24, 2.45) is 5.73 Å². The van der Waals surface area contributed by atoms with Crippen LogP contribution in [0, 0.1) is 5.95 Å². The summed E-state index contributed by atoms with van der Waals surface area (Å²) >= 11 is 5.74. The highest BCUT2D eigenvalue weighted by Crippen LogP contribution is 2.48. The highest BCUT2D eigenvalue weighted by molar-refractivity contribution is 6.30. The summed E-state index contributed by atoms with van der Waals surface area (Å²) in [6.45, 7) is 0.464. The SMILES string of the molecule is NCC1(c2cc(Cl)cnc2F)CC1. The lowest BCUT2D eigenvalue weighted by Gasteiger charge is -2.12. The molecule has 0 aliphatic heterocycles. The van der Waals surface area contributed by atoms with Gasteiger partial charge in [0.05, 0.1) is 5.02 Å². The van der Waals surface area contributed by atoms with E-state index in [0.29, 0.717) is 17.1 Å². The van der Waals surface area contributed by atoms with E-state index in [9.17, 15) is 4.39 Å². The third kappa shape index (κ3) is 1.42. The van der Waals surface area contributed by atoms with Crippen LogP contribution >= 0.6 is 11.6 Å². The summed E-state index contributed by atoms with van der Waals surface area (Å²) in [4.78, 5) is 3.58. The van der Waals surface area contributed by atoms with Crippen LogP contribution in [0.1, 0.15) is 18.4 Å². The molecule has 0 unspecified atom stereocenters. The summed E-state index contributed by atoms with van der Waals surface area (Å²) in [6.07, 6.45) is 3.18. The van der Waals surface area contributed by atoms with Gasteiger partial charge in [-0.15, -0.1) is 0 Å². The number of nitrogens with zero attached hydrogens (tertiary/aromatic N) is 1. The van der Waals surface area contributed by atoms with E-state index in [2.05, 4.69) is 4.98 Å². The van der Waals surface area contributed by atoms with E-state index in [1.165, 1.54) is 6.20 Å². The summed E-state index contributed by atoms with van der Waals surface area (Å²) < 4.78 is 13.3. The van der Waals surface area contributed by atoms with Gasteiger partial charge < -0.3 is 5.73 Å². The molecule has 1 heterocycles. The molecule has 0 bridgehead atoms. The van der Waals surface area contributed by atoms with Gasteiger partial charge in [0, 0.05) is 23.7 Å². The molecule has 2 nitrogen and oxygen atoms in total. The molecule has 1 fully saturated rings. The Hall–Kier alpha value is -0.670. The van der Waals surface area contributed by atoms with Crippen LogP contribution in [0.2, 0.25) is 5.02 Å². The smallest absolute Gasteiger partial charge is 0.216 e. The van der Waals surface area contributed by atoms with E-state index in [4.69, 9.17) is 17.3 Å². The molecule has 0 amide bonds. The number of halogens is 2. The topological polar surface area (TPSA) is 38.9 Å². The highest BCUT2D eigenvalue weighted by atomic mass is 35.5. The van der Waals surface area contributed by atoms with Crippen LogP contribution in [-0.2, 0) is 5.41 Å². The second-order valence-corrected chi connectivity index (χ2v) is 3.91. The van der Waals surface area contributed by atoms with Gasteiger partial charge in [-0.3, -0.25) is 0 Å². The largest absolute Gasteiger partial charge is 0.330 e. The number of hydrogen-bond donors (Lipinski definition) is 1. The van der Waals surface area contributed by atoms with Crippen LogP contribution in [0.15, 0.2) is 12.3 Å². The molecule has 0 aromatic carbocycles. The van der Waals surface area contributed by atoms with Crippen molar-refractivity contribution in [1.29, 1.82) is 0 Å². The number of hydrogen-bond acceptors (Lipinski definition) is 2. The molecule has 1 aliphatic rings. The van der Waals surface area contributed by atoms with Crippen LogP contribution in [-0.4, -0.2) is 11.5 Å². The molecule has 0 spiro atoms. The second-order valence-electron chi connectivity index (χ2n) is 3.48. The zero-order valence-corrected chi connectivity index (χ0v) is 7.81. The predicted molar refractivity (Wildman–Crippen MR) is 49.2 cm³/mol. The zero-order valence-electron chi connectivity index (χ0n) is 7.06. The third-order valence-corrected chi connectivity index (χ3v) is 2.83. The molecular weight excluding hydrogens is 191 g/mol. The maximum atomic E-state index is 13.3. The number of aromatic nitrogens is 1. The fourth-order valence-electron chi connectivity index (χ4n) is 1.53. The fraction of sp³-hybridized carbons (Fsp3) is 0.444. The minimum absolute atomic E-state index is 0.179. The van der Waals surface area contributed by atoms with Gasteiger partial charge in [0.2, 0.25) is 5.95 Å². The van der Waals surface area contributed by atoms with Crippen LogP contribution < -0.4 is 5.73 Å². The summed E-state index contributed by atoms with van der Waals surface area (Å²) in [7, 11) is 0. The minimum atomic E-state index is -0.438. The molecule has 2 N–H and O–H groups in total. The van der Waals surface area contributed by atoms with E-state index < -0.39 is 5.95 Å². The lowest BCUT2D eigenvalue weighted by Crippen LogP contribution is -2.21. The monoisotopic (exact) mass is 200 g/mol. The normalized spacial score (nSPS) is 18.7. The lowest BCUT2D eigenvalue weighted by molar-refractivity contribution is 0.537. The Labute approximate surface area is 80.9 Å². The Bertz CT molecular complexity index is 336. The Morgan fingerprint density at radius 3 is 2.85 bits per heavy atom. The highest BCUT2D eigenvalue weighted by Gasteiger charge is 2.45.